The average Bonchev–Trinajstić information content (AvgIpc) is 3.36. The van der Waals surface area contributed by atoms with Gasteiger partial charge in [0.1, 0.15) is 11.4 Å². The molecule has 1 fully saturated rings. The molecule has 0 aliphatic carbocycles. The van der Waals surface area contributed by atoms with Gasteiger partial charge in [0.05, 0.1) is 17.6 Å². The fourth-order valence-electron chi connectivity index (χ4n) is 3.67. The van der Waals surface area contributed by atoms with E-state index in [-0.39, 0.29) is 36.1 Å². The highest BCUT2D eigenvalue weighted by Gasteiger charge is 2.29. The zero-order chi connectivity index (χ0) is 25.0. The number of methoxy groups -OCH3 is 1. The Morgan fingerprint density at radius 1 is 1.03 bits per heavy atom. The molecular weight excluding hydrogens is 474 g/mol. The predicted octanol–water partition coefficient (Wildman–Crippen LogP) is 2.56. The Hall–Kier alpha value is -3.70. The first kappa shape index (κ1) is 24.4. The molecule has 4 rings (SSSR count). The van der Waals surface area contributed by atoms with Crippen molar-refractivity contribution in [3.05, 3.63) is 65.9 Å². The Bertz CT molecular complexity index is 1310. The van der Waals surface area contributed by atoms with Gasteiger partial charge < -0.3 is 18.9 Å². The number of nitrogens with zero attached hydrogens (tertiary/aromatic N) is 3. The van der Waals surface area contributed by atoms with E-state index in [0.29, 0.717) is 30.3 Å². The number of aromatic nitrogens is 1. The maximum atomic E-state index is 13.0. The van der Waals surface area contributed by atoms with Crippen LogP contribution in [-0.4, -0.2) is 67.9 Å². The van der Waals surface area contributed by atoms with Gasteiger partial charge in [-0.2, -0.15) is 4.31 Å². The lowest BCUT2D eigenvalue weighted by molar-refractivity contribution is -0.129. The van der Waals surface area contributed by atoms with Crippen LogP contribution < -0.4 is 4.74 Å². The molecule has 11 heteroatoms. The number of piperazine rings is 1. The van der Waals surface area contributed by atoms with Gasteiger partial charge in [-0.15, -0.1) is 0 Å². The van der Waals surface area contributed by atoms with Crippen LogP contribution >= 0.6 is 0 Å². The lowest BCUT2D eigenvalue weighted by atomic mass is 10.1. The van der Waals surface area contributed by atoms with Crippen LogP contribution in [0.1, 0.15) is 23.0 Å². The van der Waals surface area contributed by atoms with Gasteiger partial charge in [0.15, 0.2) is 12.4 Å². The molecule has 2 heterocycles. The number of carbonyl (C=O) groups is 2. The Balaban J connectivity index is 1.39. The molecule has 0 atom stereocenters. The third-order valence-corrected chi connectivity index (χ3v) is 7.58. The summed E-state index contributed by atoms with van der Waals surface area (Å²) in [4.78, 5) is 25.7. The standard InChI is InChI=1S/C24H25N3O7S/c1-17(28)26-10-12-27(13-11-26)35(30,31)22-5-3-4-19(14-22)24(29)33-16-21-15-23(25-34-21)18-6-8-20(32-2)9-7-18/h3-9,14-15H,10-13,16H2,1-2H3. The minimum Gasteiger partial charge on any atom is -0.497 e. The number of amides is 1. The van der Waals surface area contributed by atoms with E-state index in [1.54, 1.807) is 30.2 Å². The summed E-state index contributed by atoms with van der Waals surface area (Å²) in [6.45, 7) is 2.33. The zero-order valence-electron chi connectivity index (χ0n) is 19.3. The van der Waals surface area contributed by atoms with Crippen molar-refractivity contribution < 1.29 is 32.0 Å². The maximum absolute atomic E-state index is 13.0. The molecule has 2 aromatic carbocycles. The Labute approximate surface area is 203 Å². The van der Waals surface area contributed by atoms with Crippen molar-refractivity contribution in [3.63, 3.8) is 0 Å². The predicted molar refractivity (Wildman–Crippen MR) is 125 cm³/mol. The van der Waals surface area contributed by atoms with Crippen LogP contribution in [0.5, 0.6) is 5.75 Å². The van der Waals surface area contributed by atoms with E-state index >= 15 is 0 Å². The average molecular weight is 500 g/mol. The summed E-state index contributed by atoms with van der Waals surface area (Å²) in [6, 6.07) is 14.6. The number of benzene rings is 2. The molecule has 0 radical (unpaired) electrons. The maximum Gasteiger partial charge on any atom is 0.338 e. The molecule has 0 bridgehead atoms. The lowest BCUT2D eigenvalue weighted by Crippen LogP contribution is -2.49. The van der Waals surface area contributed by atoms with E-state index in [0.717, 1.165) is 5.56 Å². The fourth-order valence-corrected chi connectivity index (χ4v) is 5.14. The summed E-state index contributed by atoms with van der Waals surface area (Å²) in [5.41, 5.74) is 1.49. The van der Waals surface area contributed by atoms with Crippen molar-refractivity contribution in [2.45, 2.75) is 18.4 Å². The van der Waals surface area contributed by atoms with Crippen LogP contribution in [0, 0.1) is 0 Å². The molecule has 0 saturated carbocycles. The van der Waals surface area contributed by atoms with E-state index < -0.39 is 16.0 Å². The Kier molecular flexibility index (Phi) is 7.17. The van der Waals surface area contributed by atoms with Crippen molar-refractivity contribution in [1.82, 2.24) is 14.4 Å². The monoisotopic (exact) mass is 499 g/mol. The number of rotatable bonds is 7. The van der Waals surface area contributed by atoms with E-state index in [1.807, 2.05) is 12.1 Å². The van der Waals surface area contributed by atoms with E-state index in [4.69, 9.17) is 14.0 Å². The first-order chi connectivity index (χ1) is 16.8. The number of hydrogen-bond donors (Lipinski definition) is 0. The number of carbonyl (C=O) groups excluding carboxylic acids is 2. The molecule has 1 aliphatic rings. The highest BCUT2D eigenvalue weighted by Crippen LogP contribution is 2.23. The molecule has 1 amide bonds. The van der Waals surface area contributed by atoms with Gasteiger partial charge in [-0.3, -0.25) is 4.79 Å². The van der Waals surface area contributed by atoms with Gasteiger partial charge in [-0.05, 0) is 42.5 Å². The molecule has 35 heavy (non-hydrogen) atoms. The van der Waals surface area contributed by atoms with Gasteiger partial charge in [-0.25, -0.2) is 13.2 Å². The smallest absolute Gasteiger partial charge is 0.338 e. The summed E-state index contributed by atoms with van der Waals surface area (Å²) in [5, 5.41) is 3.99. The van der Waals surface area contributed by atoms with E-state index in [2.05, 4.69) is 5.16 Å². The second kappa shape index (κ2) is 10.3. The Morgan fingerprint density at radius 3 is 2.40 bits per heavy atom. The molecule has 1 aliphatic heterocycles. The third-order valence-electron chi connectivity index (χ3n) is 5.68. The zero-order valence-corrected chi connectivity index (χ0v) is 20.2. The van der Waals surface area contributed by atoms with E-state index in [9.17, 15) is 18.0 Å². The lowest BCUT2D eigenvalue weighted by Gasteiger charge is -2.33. The summed E-state index contributed by atoms with van der Waals surface area (Å²) in [6.07, 6.45) is 0. The van der Waals surface area contributed by atoms with Crippen molar-refractivity contribution >= 4 is 21.9 Å². The summed E-state index contributed by atoms with van der Waals surface area (Å²) >= 11 is 0. The highest BCUT2D eigenvalue weighted by molar-refractivity contribution is 7.89. The van der Waals surface area contributed by atoms with Crippen LogP contribution in [0.25, 0.3) is 11.3 Å². The van der Waals surface area contributed by atoms with Crippen LogP contribution in [0.4, 0.5) is 0 Å². The SMILES string of the molecule is COc1ccc(-c2cc(COC(=O)c3cccc(S(=O)(=O)N4CCN(C(C)=O)CC4)c3)on2)cc1. The van der Waals surface area contributed by atoms with Crippen LogP contribution in [0.3, 0.4) is 0 Å². The molecule has 0 spiro atoms. The number of ether oxygens (including phenoxy) is 2. The topological polar surface area (TPSA) is 119 Å². The van der Waals surface area contributed by atoms with Crippen molar-refractivity contribution in [1.29, 1.82) is 0 Å². The summed E-state index contributed by atoms with van der Waals surface area (Å²) in [5.74, 6) is 0.283. The van der Waals surface area contributed by atoms with E-state index in [1.165, 1.54) is 35.5 Å². The van der Waals surface area contributed by atoms with Gasteiger partial charge in [0, 0.05) is 44.7 Å². The van der Waals surface area contributed by atoms with Crippen LogP contribution in [0.15, 0.2) is 64.0 Å². The number of sulfonamides is 1. The second-order valence-electron chi connectivity index (χ2n) is 7.92. The summed E-state index contributed by atoms with van der Waals surface area (Å²) in [7, 11) is -2.23. The van der Waals surface area contributed by atoms with Crippen molar-refractivity contribution in [3.8, 4) is 17.0 Å². The van der Waals surface area contributed by atoms with Gasteiger partial charge in [0.25, 0.3) is 0 Å². The molecule has 10 nitrogen and oxygen atoms in total. The largest absolute Gasteiger partial charge is 0.497 e. The minimum atomic E-state index is -3.82. The van der Waals surface area contributed by atoms with Gasteiger partial charge in [0.2, 0.25) is 15.9 Å². The second-order valence-corrected chi connectivity index (χ2v) is 9.86. The molecule has 3 aromatic rings. The Morgan fingerprint density at radius 2 is 1.74 bits per heavy atom. The first-order valence-electron chi connectivity index (χ1n) is 10.9. The highest BCUT2D eigenvalue weighted by atomic mass is 32.2. The van der Waals surface area contributed by atoms with Gasteiger partial charge in [-0.1, -0.05) is 11.2 Å². The van der Waals surface area contributed by atoms with Crippen LogP contribution in [0.2, 0.25) is 0 Å². The number of hydrogen-bond acceptors (Lipinski definition) is 8. The quantitative estimate of drug-likeness (QED) is 0.455. The molecule has 0 unspecified atom stereocenters. The molecule has 1 saturated heterocycles. The van der Waals surface area contributed by atoms with Gasteiger partial charge >= 0.3 is 5.97 Å². The normalized spacial score (nSPS) is 14.5. The number of esters is 1. The molecule has 184 valence electrons. The minimum absolute atomic E-state index is 0.00955. The fraction of sp³-hybridized carbons (Fsp3) is 0.292. The summed E-state index contributed by atoms with van der Waals surface area (Å²) < 4.78 is 43.1. The first-order valence-corrected chi connectivity index (χ1v) is 12.3. The third kappa shape index (κ3) is 5.52. The van der Waals surface area contributed by atoms with Crippen LogP contribution in [-0.2, 0) is 26.2 Å². The van der Waals surface area contributed by atoms with Crippen molar-refractivity contribution in [2.75, 3.05) is 33.3 Å². The molecule has 0 N–H and O–H groups in total. The molecule has 1 aromatic heterocycles. The van der Waals surface area contributed by atoms with Crippen molar-refractivity contribution in [2.24, 2.45) is 0 Å². The molecular formula is C24H25N3O7S.